The summed E-state index contributed by atoms with van der Waals surface area (Å²) in [7, 11) is 0. The SMILES string of the molecule is Cc1ccc([C@H](O)CNC(=O)c2cccs2)o1. The molecule has 2 N–H and O–H groups in total. The Kier molecular flexibility index (Phi) is 3.61. The van der Waals surface area contributed by atoms with E-state index in [-0.39, 0.29) is 12.5 Å². The van der Waals surface area contributed by atoms with Crippen LogP contribution in [0.15, 0.2) is 34.1 Å². The van der Waals surface area contributed by atoms with Gasteiger partial charge < -0.3 is 14.8 Å². The van der Waals surface area contributed by atoms with Crippen LogP contribution < -0.4 is 5.32 Å². The van der Waals surface area contributed by atoms with Crippen molar-refractivity contribution in [3.8, 4) is 0 Å². The van der Waals surface area contributed by atoms with Crippen LogP contribution >= 0.6 is 11.3 Å². The second-order valence-electron chi connectivity index (χ2n) is 3.65. The average molecular weight is 251 g/mol. The van der Waals surface area contributed by atoms with Crippen LogP contribution in [0.1, 0.15) is 27.3 Å². The summed E-state index contributed by atoms with van der Waals surface area (Å²) in [5, 5.41) is 14.3. The van der Waals surface area contributed by atoms with Crippen LogP contribution in [-0.2, 0) is 0 Å². The second kappa shape index (κ2) is 5.16. The molecule has 1 amide bonds. The third kappa shape index (κ3) is 2.95. The monoisotopic (exact) mass is 251 g/mol. The molecule has 90 valence electrons. The lowest BCUT2D eigenvalue weighted by Crippen LogP contribution is -2.27. The molecule has 0 spiro atoms. The first-order chi connectivity index (χ1) is 8.16. The van der Waals surface area contributed by atoms with Crippen molar-refractivity contribution in [1.29, 1.82) is 0 Å². The molecule has 0 saturated carbocycles. The zero-order valence-electron chi connectivity index (χ0n) is 9.34. The smallest absolute Gasteiger partial charge is 0.261 e. The summed E-state index contributed by atoms with van der Waals surface area (Å²) in [6, 6.07) is 7.03. The molecule has 0 unspecified atom stereocenters. The predicted molar refractivity (Wildman–Crippen MR) is 65.1 cm³/mol. The topological polar surface area (TPSA) is 62.5 Å². The number of carbonyl (C=O) groups is 1. The highest BCUT2D eigenvalue weighted by molar-refractivity contribution is 7.12. The van der Waals surface area contributed by atoms with E-state index in [4.69, 9.17) is 4.42 Å². The van der Waals surface area contributed by atoms with Gasteiger partial charge in [-0.15, -0.1) is 11.3 Å². The minimum absolute atomic E-state index is 0.143. The number of carbonyl (C=O) groups excluding carboxylic acids is 1. The number of furan rings is 1. The maximum atomic E-state index is 11.6. The molecule has 0 radical (unpaired) electrons. The number of hydrogen-bond donors (Lipinski definition) is 2. The number of aliphatic hydroxyl groups is 1. The molecule has 2 aromatic heterocycles. The third-order valence-electron chi connectivity index (χ3n) is 2.29. The fraction of sp³-hybridized carbons (Fsp3) is 0.250. The maximum absolute atomic E-state index is 11.6. The van der Waals surface area contributed by atoms with Crippen molar-refractivity contribution < 1.29 is 14.3 Å². The molecule has 0 saturated heterocycles. The van der Waals surface area contributed by atoms with Crippen molar-refractivity contribution in [2.75, 3.05) is 6.54 Å². The lowest BCUT2D eigenvalue weighted by Gasteiger charge is -2.08. The van der Waals surface area contributed by atoms with E-state index in [0.29, 0.717) is 10.6 Å². The lowest BCUT2D eigenvalue weighted by atomic mass is 10.2. The van der Waals surface area contributed by atoms with Gasteiger partial charge in [-0.25, -0.2) is 0 Å². The average Bonchev–Trinajstić information content (AvgIpc) is 2.95. The standard InChI is InChI=1S/C12H13NO3S/c1-8-4-5-10(16-8)9(14)7-13-12(15)11-3-2-6-17-11/h2-6,9,14H,7H2,1H3,(H,13,15)/t9-/m1/s1. The molecule has 0 aromatic carbocycles. The minimum atomic E-state index is -0.812. The van der Waals surface area contributed by atoms with E-state index in [2.05, 4.69) is 5.32 Å². The molecule has 0 aliphatic heterocycles. The van der Waals surface area contributed by atoms with Gasteiger partial charge in [0, 0.05) is 0 Å². The molecule has 2 rings (SSSR count). The Morgan fingerprint density at radius 3 is 2.94 bits per heavy atom. The van der Waals surface area contributed by atoms with Gasteiger partial charge in [0.1, 0.15) is 17.6 Å². The van der Waals surface area contributed by atoms with Crippen LogP contribution in [0, 0.1) is 6.92 Å². The molecule has 0 bridgehead atoms. The van der Waals surface area contributed by atoms with Crippen LogP contribution in [0.2, 0.25) is 0 Å². The number of nitrogens with one attached hydrogen (secondary N) is 1. The number of thiophene rings is 1. The van der Waals surface area contributed by atoms with E-state index in [1.54, 1.807) is 25.1 Å². The summed E-state index contributed by atoms with van der Waals surface area (Å²) < 4.78 is 5.27. The largest absolute Gasteiger partial charge is 0.464 e. The highest BCUT2D eigenvalue weighted by Gasteiger charge is 2.13. The van der Waals surface area contributed by atoms with E-state index >= 15 is 0 Å². The van der Waals surface area contributed by atoms with Crippen molar-refractivity contribution in [2.24, 2.45) is 0 Å². The Balaban J connectivity index is 1.88. The van der Waals surface area contributed by atoms with Crippen molar-refractivity contribution in [3.63, 3.8) is 0 Å². The van der Waals surface area contributed by atoms with Crippen LogP contribution in [0.3, 0.4) is 0 Å². The molecule has 17 heavy (non-hydrogen) atoms. The summed E-state index contributed by atoms with van der Waals surface area (Å²) in [5.74, 6) is 1.03. The van der Waals surface area contributed by atoms with Crippen molar-refractivity contribution in [1.82, 2.24) is 5.32 Å². The van der Waals surface area contributed by atoms with Crippen molar-refractivity contribution in [3.05, 3.63) is 46.0 Å². The van der Waals surface area contributed by atoms with Gasteiger partial charge in [0.05, 0.1) is 11.4 Å². The number of aryl methyl sites for hydroxylation is 1. The zero-order valence-corrected chi connectivity index (χ0v) is 10.2. The Bertz CT molecular complexity index is 490. The van der Waals surface area contributed by atoms with Gasteiger partial charge in [-0.05, 0) is 30.5 Å². The molecular weight excluding hydrogens is 238 g/mol. The first kappa shape index (κ1) is 11.9. The van der Waals surface area contributed by atoms with E-state index in [0.717, 1.165) is 5.76 Å². The predicted octanol–water partition coefficient (Wildman–Crippen LogP) is 2.11. The van der Waals surface area contributed by atoms with Crippen LogP contribution in [0.25, 0.3) is 0 Å². The summed E-state index contributed by atoms with van der Waals surface area (Å²) in [6.45, 7) is 1.95. The summed E-state index contributed by atoms with van der Waals surface area (Å²) >= 11 is 1.37. The van der Waals surface area contributed by atoms with Crippen molar-refractivity contribution >= 4 is 17.2 Å². The molecule has 2 aromatic rings. The van der Waals surface area contributed by atoms with Gasteiger partial charge in [0.15, 0.2) is 0 Å². The molecule has 0 aliphatic rings. The zero-order chi connectivity index (χ0) is 12.3. The van der Waals surface area contributed by atoms with Gasteiger partial charge in [-0.3, -0.25) is 4.79 Å². The van der Waals surface area contributed by atoms with E-state index in [1.807, 2.05) is 11.4 Å². The molecular formula is C12H13NO3S. The molecule has 0 fully saturated rings. The Morgan fingerprint density at radius 1 is 1.53 bits per heavy atom. The second-order valence-corrected chi connectivity index (χ2v) is 4.60. The van der Waals surface area contributed by atoms with Crippen LogP contribution in [0.5, 0.6) is 0 Å². The first-order valence-corrected chi connectivity index (χ1v) is 6.11. The number of amides is 1. The number of rotatable bonds is 4. The number of aliphatic hydroxyl groups excluding tert-OH is 1. The summed E-state index contributed by atoms with van der Waals surface area (Å²) in [4.78, 5) is 12.2. The van der Waals surface area contributed by atoms with E-state index < -0.39 is 6.10 Å². The van der Waals surface area contributed by atoms with Gasteiger partial charge in [-0.1, -0.05) is 6.07 Å². The Labute approximate surface area is 103 Å². The minimum Gasteiger partial charge on any atom is -0.464 e. The quantitative estimate of drug-likeness (QED) is 0.874. The molecule has 0 aliphatic carbocycles. The first-order valence-electron chi connectivity index (χ1n) is 5.23. The molecule has 1 atom stereocenters. The van der Waals surface area contributed by atoms with E-state index in [9.17, 15) is 9.90 Å². The maximum Gasteiger partial charge on any atom is 0.261 e. The Hall–Kier alpha value is -1.59. The highest BCUT2D eigenvalue weighted by Crippen LogP contribution is 2.15. The highest BCUT2D eigenvalue weighted by atomic mass is 32.1. The normalized spacial score (nSPS) is 12.4. The lowest BCUT2D eigenvalue weighted by molar-refractivity contribution is 0.0904. The molecule has 4 nitrogen and oxygen atoms in total. The van der Waals surface area contributed by atoms with E-state index in [1.165, 1.54) is 11.3 Å². The van der Waals surface area contributed by atoms with Gasteiger partial charge in [0.25, 0.3) is 5.91 Å². The Morgan fingerprint density at radius 2 is 2.35 bits per heavy atom. The van der Waals surface area contributed by atoms with Gasteiger partial charge in [-0.2, -0.15) is 0 Å². The fourth-order valence-corrected chi connectivity index (χ4v) is 2.06. The number of hydrogen-bond acceptors (Lipinski definition) is 4. The fourth-order valence-electron chi connectivity index (χ4n) is 1.42. The van der Waals surface area contributed by atoms with Crippen LogP contribution in [0.4, 0.5) is 0 Å². The third-order valence-corrected chi connectivity index (χ3v) is 3.16. The summed E-state index contributed by atoms with van der Waals surface area (Å²) in [5.41, 5.74) is 0. The molecule has 5 heteroatoms. The molecule has 2 heterocycles. The van der Waals surface area contributed by atoms with Crippen LogP contribution in [-0.4, -0.2) is 17.6 Å². The van der Waals surface area contributed by atoms with Gasteiger partial charge >= 0.3 is 0 Å². The summed E-state index contributed by atoms with van der Waals surface area (Å²) in [6.07, 6.45) is -0.812. The van der Waals surface area contributed by atoms with Crippen molar-refractivity contribution in [2.45, 2.75) is 13.0 Å². The van der Waals surface area contributed by atoms with Gasteiger partial charge in [0.2, 0.25) is 0 Å².